The molecule has 0 spiro atoms. The molecule has 0 fully saturated rings. The van der Waals surface area contributed by atoms with Crippen molar-refractivity contribution in [1.29, 1.82) is 0 Å². The molecular weight excluding hydrogens is 383 g/mol. The van der Waals surface area contributed by atoms with Gasteiger partial charge in [0.15, 0.2) is 5.82 Å². The molecule has 2 aromatic rings. The number of thioether (sulfide) groups is 1. The summed E-state index contributed by atoms with van der Waals surface area (Å²) < 4.78 is 38.5. The van der Waals surface area contributed by atoms with Crippen molar-refractivity contribution in [2.45, 2.75) is 44.3 Å². The third-order valence-corrected chi connectivity index (χ3v) is 4.84. The molecule has 2 rings (SSSR count). The first-order chi connectivity index (χ1) is 12.3. The molecule has 0 atom stereocenters. The van der Waals surface area contributed by atoms with Gasteiger partial charge in [0.25, 0.3) is 0 Å². The van der Waals surface area contributed by atoms with Crippen LogP contribution in [0.2, 0.25) is 5.02 Å². The Morgan fingerprint density at radius 1 is 1.19 bits per heavy atom. The second-order valence-electron chi connectivity index (χ2n) is 5.84. The van der Waals surface area contributed by atoms with Gasteiger partial charge in [-0.2, -0.15) is 13.2 Å². The third kappa shape index (κ3) is 5.04. The minimum absolute atomic E-state index is 0.00735. The number of hydrogen-bond acceptors (Lipinski definition) is 4. The number of aromatic nitrogens is 2. The van der Waals surface area contributed by atoms with Crippen LogP contribution in [0, 0.1) is 6.92 Å². The Bertz CT molecular complexity index is 766. The molecule has 1 N–H and O–H groups in total. The zero-order chi connectivity index (χ0) is 19.3. The van der Waals surface area contributed by atoms with Crippen molar-refractivity contribution in [2.24, 2.45) is 0 Å². The summed E-state index contributed by atoms with van der Waals surface area (Å²) in [6.07, 6.45) is 0.756. The predicted octanol–water partition coefficient (Wildman–Crippen LogP) is 6.45. The Labute approximate surface area is 160 Å². The molecule has 1 heterocycles. The van der Waals surface area contributed by atoms with Gasteiger partial charge in [-0.1, -0.05) is 37.4 Å². The van der Waals surface area contributed by atoms with Crippen LogP contribution in [-0.4, -0.2) is 22.8 Å². The first-order valence-electron chi connectivity index (χ1n) is 8.31. The van der Waals surface area contributed by atoms with Crippen LogP contribution in [0.25, 0.3) is 11.3 Å². The Morgan fingerprint density at radius 2 is 1.92 bits per heavy atom. The summed E-state index contributed by atoms with van der Waals surface area (Å²) in [5.74, 6) is 0.692. The summed E-state index contributed by atoms with van der Waals surface area (Å²) in [4.78, 5) is 9.14. The van der Waals surface area contributed by atoms with Crippen LogP contribution in [-0.2, 0) is 6.18 Å². The number of nitrogens with one attached hydrogen (secondary N) is 1. The highest BCUT2D eigenvalue weighted by atomic mass is 35.5. The molecule has 8 heteroatoms. The largest absolute Gasteiger partial charge is 0.416 e. The van der Waals surface area contributed by atoms with E-state index in [0.29, 0.717) is 27.8 Å². The fourth-order valence-corrected chi connectivity index (χ4v) is 3.25. The SMILES string of the molecule is CCCCCNc1nc(C)c(-c2ccc(C(F)(F)F)cc2Cl)nc1SC. The minimum Gasteiger partial charge on any atom is -0.368 e. The molecule has 0 aliphatic carbocycles. The maximum atomic E-state index is 12.8. The van der Waals surface area contributed by atoms with Crippen LogP contribution in [0.1, 0.15) is 37.4 Å². The van der Waals surface area contributed by atoms with Crippen LogP contribution in [0.3, 0.4) is 0 Å². The Kier molecular flexibility index (Phi) is 7.17. The molecule has 0 radical (unpaired) electrons. The van der Waals surface area contributed by atoms with Gasteiger partial charge < -0.3 is 5.32 Å². The van der Waals surface area contributed by atoms with Gasteiger partial charge in [0.05, 0.1) is 22.0 Å². The van der Waals surface area contributed by atoms with E-state index in [1.54, 1.807) is 6.92 Å². The zero-order valence-electron chi connectivity index (χ0n) is 14.9. The topological polar surface area (TPSA) is 37.8 Å². The molecule has 0 amide bonds. The Hall–Kier alpha value is -1.47. The van der Waals surface area contributed by atoms with Crippen LogP contribution < -0.4 is 5.32 Å². The standard InChI is InChI=1S/C18H21ClF3N3S/c1-4-5-6-9-23-16-17(26-3)25-15(11(2)24-16)13-8-7-12(10-14(13)19)18(20,21)22/h7-8,10H,4-6,9H2,1-3H3,(H,23,24). The number of halogens is 4. The summed E-state index contributed by atoms with van der Waals surface area (Å²) >= 11 is 7.54. The fourth-order valence-electron chi connectivity index (χ4n) is 2.48. The number of rotatable bonds is 7. The lowest BCUT2D eigenvalue weighted by Crippen LogP contribution is -2.08. The van der Waals surface area contributed by atoms with E-state index in [-0.39, 0.29) is 5.02 Å². The van der Waals surface area contributed by atoms with Gasteiger partial charge in [-0.15, -0.1) is 11.8 Å². The highest BCUT2D eigenvalue weighted by Gasteiger charge is 2.31. The molecule has 3 nitrogen and oxygen atoms in total. The van der Waals surface area contributed by atoms with Crippen LogP contribution in [0.5, 0.6) is 0 Å². The van der Waals surface area contributed by atoms with E-state index in [1.807, 2.05) is 6.26 Å². The highest BCUT2D eigenvalue weighted by molar-refractivity contribution is 7.98. The maximum Gasteiger partial charge on any atom is 0.416 e. The van der Waals surface area contributed by atoms with Crippen molar-refractivity contribution in [3.05, 3.63) is 34.5 Å². The van der Waals surface area contributed by atoms with Gasteiger partial charge in [0.1, 0.15) is 5.03 Å². The van der Waals surface area contributed by atoms with Crippen molar-refractivity contribution < 1.29 is 13.2 Å². The molecule has 142 valence electrons. The second kappa shape index (κ2) is 8.95. The average Bonchev–Trinajstić information content (AvgIpc) is 2.58. The Balaban J connectivity index is 2.35. The van der Waals surface area contributed by atoms with Crippen LogP contribution in [0.4, 0.5) is 19.0 Å². The molecule has 0 bridgehead atoms. The second-order valence-corrected chi connectivity index (χ2v) is 7.04. The monoisotopic (exact) mass is 403 g/mol. The number of hydrogen-bond donors (Lipinski definition) is 1. The molecule has 1 aromatic heterocycles. The minimum atomic E-state index is -4.43. The van der Waals surface area contributed by atoms with Crippen molar-refractivity contribution >= 4 is 29.2 Å². The summed E-state index contributed by atoms with van der Waals surface area (Å²) in [5, 5.41) is 3.99. The molecule has 0 saturated heterocycles. The summed E-state index contributed by atoms with van der Waals surface area (Å²) in [7, 11) is 0. The van der Waals surface area contributed by atoms with Gasteiger partial charge in [-0.05, 0) is 31.7 Å². The maximum absolute atomic E-state index is 12.8. The smallest absolute Gasteiger partial charge is 0.368 e. The molecule has 0 aliphatic heterocycles. The van der Waals surface area contributed by atoms with E-state index in [2.05, 4.69) is 22.2 Å². The lowest BCUT2D eigenvalue weighted by Gasteiger charge is -2.14. The van der Waals surface area contributed by atoms with Crippen LogP contribution >= 0.6 is 23.4 Å². The van der Waals surface area contributed by atoms with Crippen molar-refractivity contribution in [1.82, 2.24) is 9.97 Å². The van der Waals surface area contributed by atoms with E-state index >= 15 is 0 Å². The predicted molar refractivity (Wildman–Crippen MR) is 102 cm³/mol. The number of aryl methyl sites for hydroxylation is 1. The average molecular weight is 404 g/mol. The zero-order valence-corrected chi connectivity index (χ0v) is 16.4. The first kappa shape index (κ1) is 20.8. The fraction of sp³-hybridized carbons (Fsp3) is 0.444. The number of anilines is 1. The number of unbranched alkanes of at least 4 members (excludes halogenated alkanes) is 2. The van der Waals surface area contributed by atoms with E-state index in [0.717, 1.165) is 37.9 Å². The van der Waals surface area contributed by atoms with Gasteiger partial charge in [-0.3, -0.25) is 0 Å². The summed E-state index contributed by atoms with van der Waals surface area (Å²) in [5.41, 5.74) is 0.767. The Morgan fingerprint density at radius 3 is 2.50 bits per heavy atom. The molecule has 0 unspecified atom stereocenters. The molecular formula is C18H21ClF3N3S. The first-order valence-corrected chi connectivity index (χ1v) is 9.91. The lowest BCUT2D eigenvalue weighted by atomic mass is 10.1. The molecule has 26 heavy (non-hydrogen) atoms. The van der Waals surface area contributed by atoms with E-state index < -0.39 is 11.7 Å². The summed E-state index contributed by atoms with van der Waals surface area (Å²) in [6.45, 7) is 4.72. The van der Waals surface area contributed by atoms with Crippen LogP contribution in [0.15, 0.2) is 23.2 Å². The van der Waals surface area contributed by atoms with Gasteiger partial charge in [0.2, 0.25) is 0 Å². The van der Waals surface area contributed by atoms with E-state index in [4.69, 9.17) is 11.6 Å². The van der Waals surface area contributed by atoms with E-state index in [9.17, 15) is 13.2 Å². The normalized spacial score (nSPS) is 11.7. The van der Waals surface area contributed by atoms with E-state index in [1.165, 1.54) is 17.8 Å². The molecule has 0 aliphatic rings. The van der Waals surface area contributed by atoms with Crippen molar-refractivity contribution in [2.75, 3.05) is 18.1 Å². The highest BCUT2D eigenvalue weighted by Crippen LogP contribution is 2.37. The van der Waals surface area contributed by atoms with Gasteiger partial charge >= 0.3 is 6.18 Å². The number of alkyl halides is 3. The lowest BCUT2D eigenvalue weighted by molar-refractivity contribution is -0.137. The molecule has 1 aromatic carbocycles. The summed E-state index contributed by atoms with van der Waals surface area (Å²) in [6, 6.07) is 3.28. The molecule has 0 saturated carbocycles. The van der Waals surface area contributed by atoms with Gasteiger partial charge in [0, 0.05) is 12.1 Å². The van der Waals surface area contributed by atoms with Crippen molar-refractivity contribution in [3.63, 3.8) is 0 Å². The number of nitrogens with zero attached hydrogens (tertiary/aromatic N) is 2. The van der Waals surface area contributed by atoms with Crippen molar-refractivity contribution in [3.8, 4) is 11.3 Å². The number of benzene rings is 1. The quantitative estimate of drug-likeness (QED) is 0.426. The third-order valence-electron chi connectivity index (χ3n) is 3.86. The van der Waals surface area contributed by atoms with Gasteiger partial charge in [-0.25, -0.2) is 9.97 Å².